The highest BCUT2D eigenvalue weighted by atomic mass is 32.1. The van der Waals surface area contributed by atoms with Gasteiger partial charge in [-0.15, -0.1) is 11.3 Å². The third kappa shape index (κ3) is 3.93. The Kier molecular flexibility index (Phi) is 4.31. The number of nitrogens with one attached hydrogen (secondary N) is 1. The Balaban J connectivity index is 1.31. The van der Waals surface area contributed by atoms with Crippen LogP contribution in [0.4, 0.5) is 9.52 Å². The Hall–Kier alpha value is -2.54. The molecule has 4 rings (SSSR count). The molecular weight excluding hydrogens is 341 g/mol. The van der Waals surface area contributed by atoms with E-state index in [1.807, 2.05) is 5.38 Å². The van der Waals surface area contributed by atoms with Gasteiger partial charge in [0.2, 0.25) is 5.91 Å². The summed E-state index contributed by atoms with van der Waals surface area (Å²) in [6.07, 6.45) is 4.63. The molecular formula is C18H16FN3O2S. The highest BCUT2D eigenvalue weighted by Gasteiger charge is 2.26. The number of aromatic nitrogens is 2. The van der Waals surface area contributed by atoms with Crippen LogP contribution in [0.5, 0.6) is 0 Å². The lowest BCUT2D eigenvalue weighted by atomic mass is 10.2. The van der Waals surface area contributed by atoms with E-state index < -0.39 is 0 Å². The number of hydrogen-bond acceptors (Lipinski definition) is 5. The van der Waals surface area contributed by atoms with Gasteiger partial charge in [-0.1, -0.05) is 0 Å². The van der Waals surface area contributed by atoms with Crippen molar-refractivity contribution >= 4 is 22.4 Å². The van der Waals surface area contributed by atoms with Gasteiger partial charge in [0.15, 0.2) is 16.8 Å². The number of hydrogen-bond donors (Lipinski definition) is 1. The highest BCUT2D eigenvalue weighted by molar-refractivity contribution is 7.13. The number of thiazole rings is 1. The number of aryl methyl sites for hydroxylation is 1. The molecule has 1 aromatic carbocycles. The lowest BCUT2D eigenvalue weighted by Crippen LogP contribution is -2.12. The van der Waals surface area contributed by atoms with E-state index in [1.54, 1.807) is 18.3 Å². The van der Waals surface area contributed by atoms with E-state index >= 15 is 0 Å². The van der Waals surface area contributed by atoms with Crippen molar-refractivity contribution in [3.63, 3.8) is 0 Å². The van der Waals surface area contributed by atoms with Gasteiger partial charge in [0, 0.05) is 29.7 Å². The molecule has 0 bridgehead atoms. The molecule has 1 saturated carbocycles. The van der Waals surface area contributed by atoms with Crippen molar-refractivity contribution in [2.45, 2.75) is 31.6 Å². The summed E-state index contributed by atoms with van der Waals surface area (Å²) in [5, 5.41) is 5.47. The molecule has 1 amide bonds. The van der Waals surface area contributed by atoms with Crippen molar-refractivity contribution in [1.29, 1.82) is 0 Å². The van der Waals surface area contributed by atoms with Gasteiger partial charge in [-0.05, 0) is 37.1 Å². The van der Waals surface area contributed by atoms with E-state index in [9.17, 15) is 9.18 Å². The number of oxazole rings is 1. The number of amides is 1. The molecule has 0 spiro atoms. The number of carbonyl (C=O) groups is 1. The SMILES string of the molecule is O=C(CCc1ncc(-c2ccc(F)cc2)o1)Nc1nc(C2CC2)cs1. The normalized spacial score (nSPS) is 13.8. The Morgan fingerprint density at radius 3 is 2.88 bits per heavy atom. The number of rotatable bonds is 6. The van der Waals surface area contributed by atoms with Gasteiger partial charge in [-0.2, -0.15) is 0 Å². The molecule has 0 unspecified atom stereocenters. The fraction of sp³-hybridized carbons (Fsp3) is 0.278. The summed E-state index contributed by atoms with van der Waals surface area (Å²) in [6.45, 7) is 0. The van der Waals surface area contributed by atoms with Gasteiger partial charge in [-0.25, -0.2) is 14.4 Å². The minimum absolute atomic E-state index is 0.113. The third-order valence-corrected chi connectivity index (χ3v) is 4.79. The van der Waals surface area contributed by atoms with E-state index in [4.69, 9.17) is 4.42 Å². The fourth-order valence-corrected chi connectivity index (χ4v) is 3.29. The maximum absolute atomic E-state index is 13.0. The van der Waals surface area contributed by atoms with Crippen LogP contribution in [0.15, 0.2) is 40.3 Å². The van der Waals surface area contributed by atoms with E-state index in [1.165, 1.54) is 36.3 Å². The zero-order valence-corrected chi connectivity index (χ0v) is 14.2. The van der Waals surface area contributed by atoms with Gasteiger partial charge in [0.25, 0.3) is 0 Å². The Morgan fingerprint density at radius 1 is 1.32 bits per heavy atom. The molecule has 7 heteroatoms. The monoisotopic (exact) mass is 357 g/mol. The molecule has 0 radical (unpaired) electrons. The fourth-order valence-electron chi connectivity index (χ4n) is 2.49. The van der Waals surface area contributed by atoms with Gasteiger partial charge >= 0.3 is 0 Å². The molecule has 0 aliphatic heterocycles. The van der Waals surface area contributed by atoms with Crippen LogP contribution in [0.25, 0.3) is 11.3 Å². The van der Waals surface area contributed by atoms with Crippen molar-refractivity contribution in [3.8, 4) is 11.3 Å². The number of halogens is 1. The number of benzene rings is 1. The van der Waals surface area contributed by atoms with Crippen LogP contribution in [-0.4, -0.2) is 15.9 Å². The smallest absolute Gasteiger partial charge is 0.226 e. The topological polar surface area (TPSA) is 68.0 Å². The van der Waals surface area contributed by atoms with Crippen LogP contribution in [-0.2, 0) is 11.2 Å². The largest absolute Gasteiger partial charge is 0.441 e. The average Bonchev–Trinajstić information content (AvgIpc) is 3.17. The summed E-state index contributed by atoms with van der Waals surface area (Å²) in [5.41, 5.74) is 1.83. The zero-order chi connectivity index (χ0) is 17.2. The molecule has 128 valence electrons. The maximum Gasteiger partial charge on any atom is 0.226 e. The Bertz CT molecular complexity index is 884. The van der Waals surface area contributed by atoms with E-state index in [0.717, 1.165) is 11.3 Å². The van der Waals surface area contributed by atoms with Gasteiger partial charge < -0.3 is 9.73 Å². The van der Waals surface area contributed by atoms with Gasteiger partial charge in [0.1, 0.15) is 5.82 Å². The van der Waals surface area contributed by atoms with Crippen molar-refractivity contribution < 1.29 is 13.6 Å². The summed E-state index contributed by atoms with van der Waals surface area (Å²) in [5.74, 6) is 1.21. The van der Waals surface area contributed by atoms with Crippen LogP contribution in [0.3, 0.4) is 0 Å². The first-order chi connectivity index (χ1) is 12.2. The Morgan fingerprint density at radius 2 is 2.12 bits per heavy atom. The molecule has 25 heavy (non-hydrogen) atoms. The lowest BCUT2D eigenvalue weighted by molar-refractivity contribution is -0.116. The minimum atomic E-state index is -0.299. The molecule has 5 nitrogen and oxygen atoms in total. The molecule has 3 aromatic rings. The predicted molar refractivity (Wildman–Crippen MR) is 92.9 cm³/mol. The molecule has 0 saturated heterocycles. The van der Waals surface area contributed by atoms with Gasteiger partial charge in [0.05, 0.1) is 11.9 Å². The van der Waals surface area contributed by atoms with Gasteiger partial charge in [-0.3, -0.25) is 4.79 Å². The molecule has 1 N–H and O–H groups in total. The van der Waals surface area contributed by atoms with Crippen molar-refractivity contribution in [3.05, 3.63) is 53.2 Å². The third-order valence-electron chi connectivity index (χ3n) is 4.01. The van der Waals surface area contributed by atoms with Crippen LogP contribution < -0.4 is 5.32 Å². The van der Waals surface area contributed by atoms with Crippen molar-refractivity contribution in [2.24, 2.45) is 0 Å². The lowest BCUT2D eigenvalue weighted by Gasteiger charge is -2.00. The zero-order valence-electron chi connectivity index (χ0n) is 13.4. The van der Waals surface area contributed by atoms with E-state index in [0.29, 0.717) is 29.1 Å². The molecule has 1 fully saturated rings. The number of nitrogens with zero attached hydrogens (tertiary/aromatic N) is 2. The standard InChI is InChI=1S/C18H16FN3O2S/c19-13-5-3-12(4-6-13)15-9-20-17(24-15)8-7-16(23)22-18-21-14(10-25-18)11-1-2-11/h3-6,9-11H,1-2,7-8H2,(H,21,22,23). The molecule has 2 aromatic heterocycles. The molecule has 1 aliphatic rings. The molecule has 1 aliphatic carbocycles. The summed E-state index contributed by atoms with van der Waals surface area (Å²) < 4.78 is 18.6. The summed E-state index contributed by atoms with van der Waals surface area (Å²) in [7, 11) is 0. The van der Waals surface area contributed by atoms with Crippen LogP contribution in [0, 0.1) is 5.82 Å². The second-order valence-corrected chi connectivity index (χ2v) is 6.88. The first-order valence-corrected chi connectivity index (χ1v) is 9.01. The number of carbonyl (C=O) groups excluding carboxylic acids is 1. The second-order valence-electron chi connectivity index (χ2n) is 6.03. The average molecular weight is 357 g/mol. The molecule has 0 atom stereocenters. The van der Waals surface area contributed by atoms with Crippen molar-refractivity contribution in [2.75, 3.05) is 5.32 Å². The quantitative estimate of drug-likeness (QED) is 0.710. The first kappa shape index (κ1) is 16.0. The van der Waals surface area contributed by atoms with E-state index in [-0.39, 0.29) is 18.1 Å². The van der Waals surface area contributed by atoms with Crippen LogP contribution in [0.1, 0.15) is 36.8 Å². The number of anilines is 1. The predicted octanol–water partition coefficient (Wildman–Crippen LogP) is 4.39. The summed E-state index contributed by atoms with van der Waals surface area (Å²) >= 11 is 1.46. The highest BCUT2D eigenvalue weighted by Crippen LogP contribution is 2.40. The Labute approximate surface area is 147 Å². The van der Waals surface area contributed by atoms with Crippen LogP contribution >= 0.6 is 11.3 Å². The molecule has 2 heterocycles. The minimum Gasteiger partial charge on any atom is -0.441 e. The van der Waals surface area contributed by atoms with Crippen molar-refractivity contribution in [1.82, 2.24) is 9.97 Å². The maximum atomic E-state index is 13.0. The summed E-state index contributed by atoms with van der Waals surface area (Å²) in [6, 6.07) is 6.00. The second kappa shape index (κ2) is 6.76. The first-order valence-electron chi connectivity index (χ1n) is 8.13. The van der Waals surface area contributed by atoms with Crippen LogP contribution in [0.2, 0.25) is 0 Å². The van der Waals surface area contributed by atoms with E-state index in [2.05, 4.69) is 15.3 Å². The summed E-state index contributed by atoms with van der Waals surface area (Å²) in [4.78, 5) is 20.7.